The van der Waals surface area contributed by atoms with Crippen LogP contribution in [0.15, 0.2) is 12.1 Å². The molecule has 0 aromatic carbocycles. The number of anilines is 1. The van der Waals surface area contributed by atoms with Crippen LogP contribution in [0.2, 0.25) is 0 Å². The fourth-order valence-corrected chi connectivity index (χ4v) is 0.970. The molecule has 0 fully saturated rings. The lowest BCUT2D eigenvalue weighted by Gasteiger charge is -2.08. The van der Waals surface area contributed by atoms with Crippen LogP contribution in [-0.4, -0.2) is 4.98 Å². The van der Waals surface area contributed by atoms with Gasteiger partial charge in [0.05, 0.1) is 18.1 Å². The van der Waals surface area contributed by atoms with E-state index < -0.39 is 11.9 Å². The first-order valence-corrected chi connectivity index (χ1v) is 4.14. The Balaban J connectivity index is 3.21. The fraction of sp³-hybridized carbons (Fsp3) is 0.200. The van der Waals surface area contributed by atoms with Crippen LogP contribution in [-0.2, 0) is 6.18 Å². The van der Waals surface area contributed by atoms with Gasteiger partial charge in [-0.3, -0.25) is 0 Å². The molecule has 0 aliphatic carbocycles. The predicted octanol–water partition coefficient (Wildman–Crippen LogP) is 1.95. The molecule has 0 bridgehead atoms. The second-order valence-electron chi connectivity index (χ2n) is 2.77. The molecule has 82 valence electrons. The number of nitrogens with two attached hydrogens (primary N) is 1. The van der Waals surface area contributed by atoms with Crippen molar-refractivity contribution in [2.45, 2.75) is 12.6 Å². The van der Waals surface area contributed by atoms with Gasteiger partial charge in [-0.2, -0.15) is 18.4 Å². The van der Waals surface area contributed by atoms with E-state index in [0.29, 0.717) is 0 Å². The lowest BCUT2D eigenvalue weighted by atomic mass is 10.2. The number of pyridine rings is 1. The van der Waals surface area contributed by atoms with Gasteiger partial charge >= 0.3 is 6.18 Å². The maximum atomic E-state index is 12.5. The van der Waals surface area contributed by atoms with Gasteiger partial charge in [0.25, 0.3) is 0 Å². The van der Waals surface area contributed by atoms with E-state index in [1.54, 1.807) is 6.07 Å². The van der Waals surface area contributed by atoms with Crippen molar-refractivity contribution in [3.05, 3.63) is 23.4 Å². The third-order valence-corrected chi connectivity index (χ3v) is 1.58. The summed E-state index contributed by atoms with van der Waals surface area (Å²) in [5, 5.41) is 8.21. The zero-order valence-electron chi connectivity index (χ0n) is 7.97. The van der Waals surface area contributed by atoms with Crippen LogP contribution < -0.4 is 5.73 Å². The summed E-state index contributed by atoms with van der Waals surface area (Å²) in [5.41, 5.74) is 3.76. The SMILES string of the molecule is N#CCC#Cc1ccc(N)nc1C(F)(F)F. The van der Waals surface area contributed by atoms with Gasteiger partial charge in [-0.15, -0.1) is 0 Å². The number of halogens is 3. The molecule has 1 heterocycles. The molecule has 0 radical (unpaired) electrons. The van der Waals surface area contributed by atoms with Crippen molar-refractivity contribution in [1.29, 1.82) is 5.26 Å². The quantitative estimate of drug-likeness (QED) is 0.686. The Morgan fingerprint density at radius 2 is 2.06 bits per heavy atom. The second-order valence-corrected chi connectivity index (χ2v) is 2.77. The van der Waals surface area contributed by atoms with Crippen molar-refractivity contribution >= 4 is 5.82 Å². The van der Waals surface area contributed by atoms with Crippen molar-refractivity contribution in [2.75, 3.05) is 5.73 Å². The molecule has 3 nitrogen and oxygen atoms in total. The number of alkyl halides is 3. The third kappa shape index (κ3) is 2.89. The molecular weight excluding hydrogens is 219 g/mol. The molecule has 0 spiro atoms. The smallest absolute Gasteiger partial charge is 0.384 e. The Bertz CT molecular complexity index is 489. The van der Waals surface area contributed by atoms with E-state index in [9.17, 15) is 13.2 Å². The largest absolute Gasteiger partial charge is 0.434 e. The first-order valence-electron chi connectivity index (χ1n) is 4.14. The van der Waals surface area contributed by atoms with Crippen molar-refractivity contribution < 1.29 is 13.2 Å². The van der Waals surface area contributed by atoms with Crippen LogP contribution >= 0.6 is 0 Å². The molecule has 16 heavy (non-hydrogen) atoms. The Hall–Kier alpha value is -2.21. The summed E-state index contributed by atoms with van der Waals surface area (Å²) < 4.78 is 37.5. The van der Waals surface area contributed by atoms with Gasteiger partial charge in [-0.05, 0) is 12.1 Å². The van der Waals surface area contributed by atoms with Crippen molar-refractivity contribution in [3.63, 3.8) is 0 Å². The summed E-state index contributed by atoms with van der Waals surface area (Å²) in [6.45, 7) is 0. The molecular formula is C10H6F3N3. The first kappa shape index (κ1) is 11.9. The van der Waals surface area contributed by atoms with Gasteiger partial charge in [-0.25, -0.2) is 4.98 Å². The number of nitrogen functional groups attached to an aromatic ring is 1. The van der Waals surface area contributed by atoms with E-state index in [2.05, 4.69) is 16.8 Å². The summed E-state index contributed by atoms with van der Waals surface area (Å²) in [4.78, 5) is 3.19. The van der Waals surface area contributed by atoms with E-state index in [1.165, 1.54) is 6.07 Å². The van der Waals surface area contributed by atoms with E-state index >= 15 is 0 Å². The van der Waals surface area contributed by atoms with Gasteiger partial charge < -0.3 is 5.73 Å². The molecule has 0 aliphatic rings. The number of hydrogen-bond donors (Lipinski definition) is 1. The monoisotopic (exact) mass is 225 g/mol. The highest BCUT2D eigenvalue weighted by atomic mass is 19.4. The van der Waals surface area contributed by atoms with Crippen molar-refractivity contribution in [1.82, 2.24) is 4.98 Å². The molecule has 0 aliphatic heterocycles. The number of nitrogens with zero attached hydrogens (tertiary/aromatic N) is 2. The average molecular weight is 225 g/mol. The summed E-state index contributed by atoms with van der Waals surface area (Å²) >= 11 is 0. The van der Waals surface area contributed by atoms with Gasteiger partial charge in [0.2, 0.25) is 0 Å². The van der Waals surface area contributed by atoms with Gasteiger partial charge in [0.15, 0.2) is 5.69 Å². The second kappa shape index (κ2) is 4.54. The van der Waals surface area contributed by atoms with Crippen LogP contribution in [0.1, 0.15) is 17.7 Å². The summed E-state index contributed by atoms with van der Waals surface area (Å²) in [6.07, 6.45) is -4.74. The van der Waals surface area contributed by atoms with Gasteiger partial charge in [0.1, 0.15) is 5.82 Å². The predicted molar refractivity (Wildman–Crippen MR) is 50.8 cm³/mol. The molecule has 1 aromatic rings. The molecule has 0 saturated heterocycles. The minimum Gasteiger partial charge on any atom is -0.384 e. The molecule has 0 atom stereocenters. The molecule has 1 rings (SSSR count). The van der Waals surface area contributed by atoms with Crippen LogP contribution in [0.3, 0.4) is 0 Å². The molecule has 1 aromatic heterocycles. The Morgan fingerprint density at radius 1 is 1.38 bits per heavy atom. The molecule has 0 unspecified atom stereocenters. The van der Waals surface area contributed by atoms with E-state index in [4.69, 9.17) is 11.0 Å². The van der Waals surface area contributed by atoms with Crippen molar-refractivity contribution in [3.8, 4) is 17.9 Å². The fourth-order valence-electron chi connectivity index (χ4n) is 0.970. The van der Waals surface area contributed by atoms with Crippen LogP contribution in [0, 0.1) is 23.2 Å². The van der Waals surface area contributed by atoms with Crippen molar-refractivity contribution in [2.24, 2.45) is 0 Å². The number of rotatable bonds is 0. The number of hydrogen-bond acceptors (Lipinski definition) is 3. The van der Waals surface area contributed by atoms with E-state index in [1.807, 2.05) is 0 Å². The van der Waals surface area contributed by atoms with E-state index in [-0.39, 0.29) is 17.8 Å². The Morgan fingerprint density at radius 3 is 2.62 bits per heavy atom. The highest BCUT2D eigenvalue weighted by Gasteiger charge is 2.35. The molecule has 0 saturated carbocycles. The summed E-state index contributed by atoms with van der Waals surface area (Å²) in [6, 6.07) is 4.07. The lowest BCUT2D eigenvalue weighted by molar-refractivity contribution is -0.141. The highest BCUT2D eigenvalue weighted by molar-refractivity contribution is 5.44. The van der Waals surface area contributed by atoms with Gasteiger partial charge in [0, 0.05) is 0 Å². The maximum Gasteiger partial charge on any atom is 0.434 e. The zero-order chi connectivity index (χ0) is 12.2. The highest BCUT2D eigenvalue weighted by Crippen LogP contribution is 2.30. The van der Waals surface area contributed by atoms with Gasteiger partial charge in [-0.1, -0.05) is 11.8 Å². The van der Waals surface area contributed by atoms with Crippen LogP contribution in [0.5, 0.6) is 0 Å². The summed E-state index contributed by atoms with van der Waals surface area (Å²) in [5.74, 6) is 4.30. The molecule has 0 amide bonds. The van der Waals surface area contributed by atoms with Crippen LogP contribution in [0.4, 0.5) is 19.0 Å². The average Bonchev–Trinajstić information content (AvgIpc) is 2.19. The standard InChI is InChI=1S/C10H6F3N3/c11-10(12,13)9-7(3-1-2-6-14)4-5-8(15)16-9/h4-5H,2H2,(H2,15,16). The minimum absolute atomic E-state index is 0.137. The minimum atomic E-state index is -4.61. The maximum absolute atomic E-state index is 12.5. The topological polar surface area (TPSA) is 62.7 Å². The third-order valence-electron chi connectivity index (χ3n) is 1.58. The molecule has 2 N–H and O–H groups in total. The zero-order valence-corrected chi connectivity index (χ0v) is 7.97. The Kier molecular flexibility index (Phi) is 3.37. The first-order chi connectivity index (χ1) is 7.45. The lowest BCUT2D eigenvalue weighted by Crippen LogP contribution is -2.12. The normalized spacial score (nSPS) is 10.1. The Labute approximate surface area is 89.7 Å². The number of aromatic nitrogens is 1. The van der Waals surface area contributed by atoms with E-state index in [0.717, 1.165) is 6.07 Å². The molecule has 6 heteroatoms. The summed E-state index contributed by atoms with van der Waals surface area (Å²) in [7, 11) is 0. The van der Waals surface area contributed by atoms with Crippen LogP contribution in [0.25, 0.3) is 0 Å². The number of nitriles is 1.